The lowest BCUT2D eigenvalue weighted by Crippen LogP contribution is -2.29. The Morgan fingerprint density at radius 1 is 1.50 bits per heavy atom. The van der Waals surface area contributed by atoms with Gasteiger partial charge in [-0.25, -0.2) is 4.79 Å². The molecule has 0 aromatic carbocycles. The van der Waals surface area contributed by atoms with Crippen LogP contribution >= 0.6 is 0 Å². The van der Waals surface area contributed by atoms with Crippen molar-refractivity contribution >= 4 is 17.6 Å². The number of ether oxygens (including phenoxy) is 1. The molecule has 6 nitrogen and oxygen atoms in total. The number of amides is 1. The molecule has 1 amide bonds. The Hall–Kier alpha value is -1.82. The number of methoxy groups -OCH3 is 1. The summed E-state index contributed by atoms with van der Waals surface area (Å²) in [6, 6.07) is 0. The largest absolute Gasteiger partial charge is 0.478 e. The first-order valence-corrected chi connectivity index (χ1v) is 5.53. The SMILES string of the molecule is COC(C)(C)CC(=O)Nc1c[nH]c(C)c1C(=O)O. The van der Waals surface area contributed by atoms with E-state index in [0.717, 1.165) is 0 Å². The van der Waals surface area contributed by atoms with Crippen LogP contribution in [0.25, 0.3) is 0 Å². The maximum Gasteiger partial charge on any atom is 0.339 e. The number of carboxylic acid groups (broad SMARTS) is 1. The molecule has 0 spiro atoms. The molecule has 0 fully saturated rings. The highest BCUT2D eigenvalue weighted by Crippen LogP contribution is 2.21. The van der Waals surface area contributed by atoms with Crippen molar-refractivity contribution in [1.29, 1.82) is 0 Å². The molecule has 0 aliphatic rings. The molecule has 1 heterocycles. The number of carboxylic acids is 1. The second kappa shape index (κ2) is 5.22. The van der Waals surface area contributed by atoms with Crippen LogP contribution in [0.4, 0.5) is 5.69 Å². The van der Waals surface area contributed by atoms with E-state index in [1.54, 1.807) is 20.8 Å². The Kier molecular flexibility index (Phi) is 4.13. The smallest absolute Gasteiger partial charge is 0.339 e. The van der Waals surface area contributed by atoms with Crippen molar-refractivity contribution in [2.24, 2.45) is 0 Å². The van der Waals surface area contributed by atoms with Gasteiger partial charge in [0.25, 0.3) is 0 Å². The average Bonchev–Trinajstić information content (AvgIpc) is 2.58. The number of aromatic amines is 1. The number of carbonyl (C=O) groups excluding carboxylic acids is 1. The predicted molar refractivity (Wildman–Crippen MR) is 66.8 cm³/mol. The van der Waals surface area contributed by atoms with Crippen molar-refractivity contribution in [2.45, 2.75) is 32.8 Å². The zero-order valence-corrected chi connectivity index (χ0v) is 11.0. The van der Waals surface area contributed by atoms with Gasteiger partial charge in [-0.05, 0) is 20.8 Å². The third-order valence-electron chi connectivity index (χ3n) is 2.70. The van der Waals surface area contributed by atoms with Gasteiger partial charge in [0.05, 0.1) is 17.7 Å². The van der Waals surface area contributed by atoms with Crippen molar-refractivity contribution in [3.63, 3.8) is 0 Å². The highest BCUT2D eigenvalue weighted by atomic mass is 16.5. The van der Waals surface area contributed by atoms with E-state index in [0.29, 0.717) is 5.69 Å². The molecule has 0 aliphatic carbocycles. The summed E-state index contributed by atoms with van der Waals surface area (Å²) in [4.78, 5) is 25.6. The molecular formula is C12H18N2O4. The molecule has 0 radical (unpaired) electrons. The van der Waals surface area contributed by atoms with Gasteiger partial charge in [-0.2, -0.15) is 0 Å². The number of hydrogen-bond donors (Lipinski definition) is 3. The second-order valence-electron chi connectivity index (χ2n) is 4.70. The van der Waals surface area contributed by atoms with Gasteiger partial charge in [-0.1, -0.05) is 0 Å². The van der Waals surface area contributed by atoms with Crippen molar-refractivity contribution in [3.8, 4) is 0 Å². The van der Waals surface area contributed by atoms with E-state index in [9.17, 15) is 9.59 Å². The second-order valence-corrected chi connectivity index (χ2v) is 4.70. The molecule has 1 rings (SSSR count). The van der Waals surface area contributed by atoms with Crippen molar-refractivity contribution in [3.05, 3.63) is 17.5 Å². The Bertz CT molecular complexity index is 463. The van der Waals surface area contributed by atoms with E-state index in [1.807, 2.05) is 0 Å². The minimum Gasteiger partial charge on any atom is -0.478 e. The van der Waals surface area contributed by atoms with Crippen LogP contribution in [0.3, 0.4) is 0 Å². The maximum absolute atomic E-state index is 11.8. The van der Waals surface area contributed by atoms with E-state index in [4.69, 9.17) is 9.84 Å². The van der Waals surface area contributed by atoms with Crippen LogP contribution in [-0.4, -0.2) is 34.7 Å². The van der Waals surface area contributed by atoms with Crippen LogP contribution in [0.2, 0.25) is 0 Å². The standard InChI is InChI=1S/C12H18N2O4/c1-7-10(11(16)17)8(6-13-7)14-9(15)5-12(2,3)18-4/h6,13H,5H2,1-4H3,(H,14,15)(H,16,17). The first kappa shape index (κ1) is 14.2. The summed E-state index contributed by atoms with van der Waals surface area (Å²) in [7, 11) is 1.52. The molecule has 0 saturated heterocycles. The van der Waals surface area contributed by atoms with Crippen LogP contribution in [0, 0.1) is 6.92 Å². The molecule has 100 valence electrons. The molecule has 0 unspecified atom stereocenters. The number of aromatic nitrogens is 1. The monoisotopic (exact) mass is 254 g/mol. The normalized spacial score (nSPS) is 11.3. The zero-order valence-electron chi connectivity index (χ0n) is 11.0. The summed E-state index contributed by atoms with van der Waals surface area (Å²) < 4.78 is 5.14. The van der Waals surface area contributed by atoms with Crippen molar-refractivity contribution < 1.29 is 19.4 Å². The fraction of sp³-hybridized carbons (Fsp3) is 0.500. The van der Waals surface area contributed by atoms with E-state index in [-0.39, 0.29) is 23.6 Å². The number of nitrogens with one attached hydrogen (secondary N) is 2. The number of anilines is 1. The first-order chi connectivity index (χ1) is 8.26. The van der Waals surface area contributed by atoms with E-state index < -0.39 is 11.6 Å². The maximum atomic E-state index is 11.8. The summed E-state index contributed by atoms with van der Waals surface area (Å²) in [6.07, 6.45) is 1.61. The van der Waals surface area contributed by atoms with Gasteiger partial charge in [0, 0.05) is 19.0 Å². The van der Waals surface area contributed by atoms with E-state index in [1.165, 1.54) is 13.3 Å². The molecule has 3 N–H and O–H groups in total. The number of H-pyrrole nitrogens is 1. The summed E-state index contributed by atoms with van der Waals surface area (Å²) >= 11 is 0. The van der Waals surface area contributed by atoms with Crippen LogP contribution < -0.4 is 5.32 Å². The first-order valence-electron chi connectivity index (χ1n) is 5.53. The quantitative estimate of drug-likeness (QED) is 0.746. The number of aromatic carboxylic acids is 1. The minimum absolute atomic E-state index is 0.0820. The lowest BCUT2D eigenvalue weighted by molar-refractivity contribution is -0.121. The van der Waals surface area contributed by atoms with Gasteiger partial charge < -0.3 is 20.1 Å². The van der Waals surface area contributed by atoms with E-state index >= 15 is 0 Å². The lowest BCUT2D eigenvalue weighted by Gasteiger charge is -2.21. The van der Waals surface area contributed by atoms with Crippen LogP contribution in [0.5, 0.6) is 0 Å². The lowest BCUT2D eigenvalue weighted by atomic mass is 10.0. The van der Waals surface area contributed by atoms with Gasteiger partial charge in [-0.3, -0.25) is 4.79 Å². The van der Waals surface area contributed by atoms with Crippen LogP contribution in [0.15, 0.2) is 6.20 Å². The third kappa shape index (κ3) is 3.33. The van der Waals surface area contributed by atoms with Crippen LogP contribution in [0.1, 0.15) is 36.3 Å². The van der Waals surface area contributed by atoms with Crippen molar-refractivity contribution in [1.82, 2.24) is 4.98 Å². The zero-order chi connectivity index (χ0) is 13.9. The number of aryl methyl sites for hydroxylation is 1. The Balaban J connectivity index is 2.80. The van der Waals surface area contributed by atoms with Gasteiger partial charge in [0.15, 0.2) is 0 Å². The summed E-state index contributed by atoms with van der Waals surface area (Å²) in [5, 5.41) is 11.6. The summed E-state index contributed by atoms with van der Waals surface area (Å²) in [5.74, 6) is -1.36. The molecule has 1 aromatic heterocycles. The molecule has 1 aromatic rings. The molecular weight excluding hydrogens is 236 g/mol. The molecule has 0 aliphatic heterocycles. The number of hydrogen-bond acceptors (Lipinski definition) is 3. The molecule has 0 bridgehead atoms. The summed E-state index contributed by atoms with van der Waals surface area (Å²) in [6.45, 7) is 5.21. The Labute approximate surface area is 105 Å². The highest BCUT2D eigenvalue weighted by Gasteiger charge is 2.23. The number of rotatable bonds is 5. The Morgan fingerprint density at radius 3 is 2.61 bits per heavy atom. The fourth-order valence-electron chi connectivity index (χ4n) is 1.55. The minimum atomic E-state index is -1.07. The molecule has 0 saturated carbocycles. The van der Waals surface area contributed by atoms with Crippen molar-refractivity contribution in [2.75, 3.05) is 12.4 Å². The summed E-state index contributed by atoms with van der Waals surface area (Å²) in [5.41, 5.74) is 0.276. The highest BCUT2D eigenvalue weighted by molar-refractivity contribution is 6.01. The van der Waals surface area contributed by atoms with Crippen LogP contribution in [-0.2, 0) is 9.53 Å². The molecule has 18 heavy (non-hydrogen) atoms. The van der Waals surface area contributed by atoms with Gasteiger partial charge in [0.1, 0.15) is 5.56 Å². The number of carbonyl (C=O) groups is 2. The van der Waals surface area contributed by atoms with E-state index in [2.05, 4.69) is 10.3 Å². The Morgan fingerprint density at radius 2 is 2.11 bits per heavy atom. The third-order valence-corrected chi connectivity index (χ3v) is 2.70. The van der Waals surface area contributed by atoms with Gasteiger partial charge in [-0.15, -0.1) is 0 Å². The van der Waals surface area contributed by atoms with Gasteiger partial charge in [0.2, 0.25) is 5.91 Å². The molecule has 0 atom stereocenters. The fourth-order valence-corrected chi connectivity index (χ4v) is 1.55. The van der Waals surface area contributed by atoms with Gasteiger partial charge >= 0.3 is 5.97 Å². The predicted octanol–water partition coefficient (Wildman–Crippen LogP) is 1.77. The molecule has 6 heteroatoms. The topological polar surface area (TPSA) is 91.4 Å². The average molecular weight is 254 g/mol.